The molecule has 3 rings (SSSR count). The summed E-state index contributed by atoms with van der Waals surface area (Å²) >= 11 is 0. The number of ether oxygens (including phenoxy) is 1. The Balaban J connectivity index is 1.77. The summed E-state index contributed by atoms with van der Waals surface area (Å²) in [5.41, 5.74) is 0.865. The Morgan fingerprint density at radius 3 is 2.75 bits per heavy atom. The van der Waals surface area contributed by atoms with Crippen LogP contribution in [0.25, 0.3) is 0 Å². The summed E-state index contributed by atoms with van der Waals surface area (Å²) in [6, 6.07) is 7.45. The summed E-state index contributed by atoms with van der Waals surface area (Å²) in [5, 5.41) is 8.98. The minimum Gasteiger partial charge on any atom is -0.492 e. The number of para-hydroxylation sites is 1. The standard InChI is InChI=1S/C15H17NO4/c17-14(18)8-16(7-10-5-6-10)15(19)12-9-20-13-4-2-1-3-11(12)13/h1-4,10,12H,5-9H2,(H,17,18). The topological polar surface area (TPSA) is 66.8 Å². The Bertz CT molecular complexity index is 538. The van der Waals surface area contributed by atoms with Gasteiger partial charge < -0.3 is 14.7 Å². The number of carbonyl (C=O) groups excluding carboxylic acids is 1. The first-order valence-corrected chi connectivity index (χ1v) is 6.87. The second kappa shape index (κ2) is 5.15. The SMILES string of the molecule is O=C(O)CN(CC1CC1)C(=O)C1COc2ccccc21. The summed E-state index contributed by atoms with van der Waals surface area (Å²) in [6.07, 6.45) is 2.17. The molecule has 20 heavy (non-hydrogen) atoms. The van der Waals surface area contributed by atoms with Gasteiger partial charge in [-0.15, -0.1) is 0 Å². The molecular formula is C15H17NO4. The average molecular weight is 275 g/mol. The van der Waals surface area contributed by atoms with Crippen LogP contribution >= 0.6 is 0 Å². The van der Waals surface area contributed by atoms with E-state index in [1.165, 1.54) is 4.90 Å². The third kappa shape index (κ3) is 2.61. The van der Waals surface area contributed by atoms with E-state index in [1.54, 1.807) is 0 Å². The van der Waals surface area contributed by atoms with Crippen molar-refractivity contribution in [1.29, 1.82) is 0 Å². The molecule has 1 atom stereocenters. The van der Waals surface area contributed by atoms with E-state index in [-0.39, 0.29) is 18.4 Å². The van der Waals surface area contributed by atoms with Gasteiger partial charge in [-0.05, 0) is 24.8 Å². The Morgan fingerprint density at radius 2 is 2.05 bits per heavy atom. The molecule has 1 aliphatic carbocycles. The molecule has 1 aliphatic heterocycles. The van der Waals surface area contributed by atoms with Crippen molar-refractivity contribution in [3.63, 3.8) is 0 Å². The summed E-state index contributed by atoms with van der Waals surface area (Å²) in [4.78, 5) is 25.0. The number of carbonyl (C=O) groups is 2. The first kappa shape index (κ1) is 13.0. The highest BCUT2D eigenvalue weighted by Gasteiger charge is 2.36. The fraction of sp³-hybridized carbons (Fsp3) is 0.467. The van der Waals surface area contributed by atoms with E-state index in [4.69, 9.17) is 9.84 Å². The summed E-state index contributed by atoms with van der Waals surface area (Å²) < 4.78 is 5.51. The van der Waals surface area contributed by atoms with Gasteiger partial charge in [0.2, 0.25) is 5.91 Å². The zero-order chi connectivity index (χ0) is 14.1. The van der Waals surface area contributed by atoms with E-state index in [0.29, 0.717) is 19.1 Å². The fourth-order valence-electron chi connectivity index (χ4n) is 2.60. The molecule has 0 bridgehead atoms. The summed E-state index contributed by atoms with van der Waals surface area (Å²) in [5.74, 6) is -0.275. The number of rotatable bonds is 5. The maximum atomic E-state index is 12.6. The molecule has 1 fully saturated rings. The number of carboxylic acids is 1. The predicted molar refractivity (Wildman–Crippen MR) is 71.6 cm³/mol. The van der Waals surface area contributed by atoms with Crippen molar-refractivity contribution < 1.29 is 19.4 Å². The second-order valence-corrected chi connectivity index (χ2v) is 5.46. The number of hydrogen-bond donors (Lipinski definition) is 1. The molecule has 0 radical (unpaired) electrons. The van der Waals surface area contributed by atoms with E-state index < -0.39 is 5.97 Å². The Kier molecular flexibility index (Phi) is 3.34. The third-order valence-corrected chi connectivity index (χ3v) is 3.81. The van der Waals surface area contributed by atoms with Crippen LogP contribution in [-0.2, 0) is 9.59 Å². The van der Waals surface area contributed by atoms with Crippen molar-refractivity contribution in [3.8, 4) is 5.75 Å². The minimum atomic E-state index is -0.966. The Hall–Kier alpha value is -2.04. The molecule has 0 saturated heterocycles. The molecule has 1 heterocycles. The number of carboxylic acid groups (broad SMARTS) is 1. The molecule has 1 aromatic rings. The fourth-order valence-corrected chi connectivity index (χ4v) is 2.60. The highest BCUT2D eigenvalue weighted by atomic mass is 16.5. The van der Waals surface area contributed by atoms with Gasteiger partial charge in [0.15, 0.2) is 0 Å². The van der Waals surface area contributed by atoms with Crippen molar-refractivity contribution in [1.82, 2.24) is 4.90 Å². The lowest BCUT2D eigenvalue weighted by atomic mass is 9.99. The van der Waals surface area contributed by atoms with Crippen molar-refractivity contribution in [2.24, 2.45) is 5.92 Å². The van der Waals surface area contributed by atoms with E-state index in [9.17, 15) is 9.59 Å². The zero-order valence-electron chi connectivity index (χ0n) is 11.1. The number of hydrogen-bond acceptors (Lipinski definition) is 3. The van der Waals surface area contributed by atoms with Crippen LogP contribution in [0.2, 0.25) is 0 Å². The Labute approximate surface area is 117 Å². The largest absolute Gasteiger partial charge is 0.492 e. The number of nitrogens with zero attached hydrogens (tertiary/aromatic N) is 1. The first-order valence-electron chi connectivity index (χ1n) is 6.87. The van der Waals surface area contributed by atoms with Crippen LogP contribution in [0, 0.1) is 5.92 Å². The van der Waals surface area contributed by atoms with Gasteiger partial charge in [-0.3, -0.25) is 9.59 Å². The molecule has 1 amide bonds. The number of benzene rings is 1. The molecular weight excluding hydrogens is 258 g/mol. The van der Waals surface area contributed by atoms with Gasteiger partial charge in [-0.1, -0.05) is 18.2 Å². The highest BCUT2D eigenvalue weighted by Crippen LogP contribution is 2.36. The zero-order valence-corrected chi connectivity index (χ0v) is 11.1. The van der Waals surface area contributed by atoms with Crippen LogP contribution in [0.5, 0.6) is 5.75 Å². The number of fused-ring (bicyclic) bond motifs is 1. The average Bonchev–Trinajstić information content (AvgIpc) is 3.14. The first-order chi connectivity index (χ1) is 9.65. The predicted octanol–water partition coefficient (Wildman–Crippen LogP) is 1.49. The summed E-state index contributed by atoms with van der Waals surface area (Å²) in [7, 11) is 0. The van der Waals surface area contributed by atoms with E-state index >= 15 is 0 Å². The quantitative estimate of drug-likeness (QED) is 0.884. The minimum absolute atomic E-state index is 0.135. The van der Waals surface area contributed by atoms with Gasteiger partial charge in [-0.25, -0.2) is 0 Å². The van der Waals surface area contributed by atoms with Crippen LogP contribution in [0.1, 0.15) is 24.3 Å². The lowest BCUT2D eigenvalue weighted by molar-refractivity contribution is -0.145. The molecule has 1 saturated carbocycles. The monoisotopic (exact) mass is 275 g/mol. The van der Waals surface area contributed by atoms with Crippen molar-refractivity contribution in [2.45, 2.75) is 18.8 Å². The van der Waals surface area contributed by atoms with Crippen molar-refractivity contribution >= 4 is 11.9 Å². The normalized spacial score (nSPS) is 20.1. The van der Waals surface area contributed by atoms with Gasteiger partial charge in [0.25, 0.3) is 0 Å². The molecule has 0 aromatic heterocycles. The molecule has 0 spiro atoms. The van der Waals surface area contributed by atoms with Crippen molar-refractivity contribution in [3.05, 3.63) is 29.8 Å². The van der Waals surface area contributed by atoms with E-state index in [0.717, 1.165) is 24.2 Å². The number of amides is 1. The molecule has 106 valence electrons. The molecule has 1 aromatic carbocycles. The van der Waals surface area contributed by atoms with Crippen LogP contribution in [-0.4, -0.2) is 41.6 Å². The van der Waals surface area contributed by atoms with Gasteiger partial charge >= 0.3 is 5.97 Å². The smallest absolute Gasteiger partial charge is 0.323 e. The molecule has 1 N–H and O–H groups in total. The van der Waals surface area contributed by atoms with Crippen LogP contribution in [0.15, 0.2) is 24.3 Å². The maximum Gasteiger partial charge on any atom is 0.323 e. The molecule has 2 aliphatic rings. The van der Waals surface area contributed by atoms with Crippen LogP contribution < -0.4 is 4.74 Å². The lowest BCUT2D eigenvalue weighted by Gasteiger charge is -2.23. The molecule has 5 heteroatoms. The van der Waals surface area contributed by atoms with Crippen LogP contribution in [0.3, 0.4) is 0 Å². The van der Waals surface area contributed by atoms with Crippen LogP contribution in [0.4, 0.5) is 0 Å². The maximum absolute atomic E-state index is 12.6. The van der Waals surface area contributed by atoms with E-state index in [1.807, 2.05) is 24.3 Å². The van der Waals surface area contributed by atoms with Crippen molar-refractivity contribution in [2.75, 3.05) is 19.7 Å². The molecule has 1 unspecified atom stereocenters. The van der Waals surface area contributed by atoms with Gasteiger partial charge in [0.1, 0.15) is 24.8 Å². The van der Waals surface area contributed by atoms with Gasteiger partial charge in [0, 0.05) is 12.1 Å². The Morgan fingerprint density at radius 1 is 1.30 bits per heavy atom. The van der Waals surface area contributed by atoms with E-state index in [2.05, 4.69) is 0 Å². The highest BCUT2D eigenvalue weighted by molar-refractivity contribution is 5.88. The second-order valence-electron chi connectivity index (χ2n) is 5.46. The number of aliphatic carboxylic acids is 1. The molecule has 5 nitrogen and oxygen atoms in total. The summed E-state index contributed by atoms with van der Waals surface area (Å²) in [6.45, 7) is 0.622. The lowest BCUT2D eigenvalue weighted by Crippen LogP contribution is -2.40. The third-order valence-electron chi connectivity index (χ3n) is 3.81. The van der Waals surface area contributed by atoms with Gasteiger partial charge in [0.05, 0.1) is 0 Å². The van der Waals surface area contributed by atoms with Gasteiger partial charge in [-0.2, -0.15) is 0 Å².